The van der Waals surface area contributed by atoms with Crippen molar-refractivity contribution in [3.8, 4) is 6.07 Å². The second-order valence-corrected chi connectivity index (χ2v) is 6.35. The summed E-state index contributed by atoms with van der Waals surface area (Å²) < 4.78 is 0. The fourth-order valence-corrected chi connectivity index (χ4v) is 3.61. The largest absolute Gasteiger partial charge is 0.383 e. The molecule has 1 unspecified atom stereocenters. The minimum Gasteiger partial charge on any atom is -0.383 e. The van der Waals surface area contributed by atoms with Gasteiger partial charge in [0.25, 0.3) is 0 Å². The Hall–Kier alpha value is -1.33. The highest BCUT2D eigenvalue weighted by Gasteiger charge is 2.52. The van der Waals surface area contributed by atoms with E-state index in [1.54, 1.807) is 0 Å². The zero-order valence-electron chi connectivity index (χ0n) is 12.6. The van der Waals surface area contributed by atoms with Gasteiger partial charge in [-0.3, -0.25) is 0 Å². The average Bonchev–Trinajstić information content (AvgIpc) is 2.49. The minimum absolute atomic E-state index is 0.628. The Morgan fingerprint density at radius 2 is 1.90 bits per heavy atom. The minimum atomic E-state index is -1.02. The Morgan fingerprint density at radius 3 is 2.40 bits per heavy atom. The summed E-state index contributed by atoms with van der Waals surface area (Å²) in [5.74, 6) is 0.665. The monoisotopic (exact) mass is 271 g/mol. The molecule has 0 bridgehead atoms. The maximum atomic E-state index is 11.4. The lowest BCUT2D eigenvalue weighted by Crippen LogP contribution is -2.47. The number of benzene rings is 1. The standard InChI is InChI=1S/C18H25NO/c1-3-11-18(20,16-7-5-4-6-8-16)17(14-19)12-9-15(2)10-13-17/h4-8,15,20H,3,9-13H2,1-2H3. The number of hydrogen-bond donors (Lipinski definition) is 1. The first-order chi connectivity index (χ1) is 9.58. The van der Waals surface area contributed by atoms with Crippen molar-refractivity contribution in [3.63, 3.8) is 0 Å². The molecule has 1 N–H and O–H groups in total. The summed E-state index contributed by atoms with van der Waals surface area (Å²) in [5, 5.41) is 21.3. The van der Waals surface area contributed by atoms with Gasteiger partial charge in [0.15, 0.2) is 0 Å². The molecule has 0 radical (unpaired) electrons. The maximum absolute atomic E-state index is 11.4. The lowest BCUT2D eigenvalue weighted by molar-refractivity contribution is -0.0905. The zero-order valence-corrected chi connectivity index (χ0v) is 12.6. The Kier molecular flexibility index (Phi) is 4.50. The fraction of sp³-hybridized carbons (Fsp3) is 0.611. The van der Waals surface area contributed by atoms with Crippen LogP contribution in [0, 0.1) is 22.7 Å². The van der Waals surface area contributed by atoms with Crippen LogP contribution in [0.3, 0.4) is 0 Å². The molecule has 0 heterocycles. The Balaban J connectivity index is 2.43. The van der Waals surface area contributed by atoms with Crippen LogP contribution in [-0.4, -0.2) is 5.11 Å². The zero-order chi connectivity index (χ0) is 14.6. The molecule has 0 aliphatic heterocycles. The molecule has 1 aromatic rings. The van der Waals surface area contributed by atoms with Crippen molar-refractivity contribution in [3.05, 3.63) is 35.9 Å². The van der Waals surface area contributed by atoms with Crippen LogP contribution in [0.5, 0.6) is 0 Å². The van der Waals surface area contributed by atoms with E-state index in [1.807, 2.05) is 30.3 Å². The van der Waals surface area contributed by atoms with Gasteiger partial charge in [0, 0.05) is 0 Å². The third-order valence-corrected chi connectivity index (χ3v) is 5.00. The van der Waals surface area contributed by atoms with Crippen LogP contribution < -0.4 is 0 Å². The Morgan fingerprint density at radius 1 is 1.30 bits per heavy atom. The highest BCUT2D eigenvalue weighted by Crippen LogP contribution is 2.52. The third kappa shape index (κ3) is 2.47. The molecule has 1 atom stereocenters. The van der Waals surface area contributed by atoms with E-state index in [0.717, 1.165) is 37.7 Å². The molecule has 2 rings (SSSR count). The molecule has 1 aliphatic rings. The Labute approximate surface area is 122 Å². The smallest absolute Gasteiger partial charge is 0.108 e. The van der Waals surface area contributed by atoms with E-state index >= 15 is 0 Å². The van der Waals surface area contributed by atoms with E-state index < -0.39 is 11.0 Å². The summed E-state index contributed by atoms with van der Waals surface area (Å²) in [6, 6.07) is 12.3. The van der Waals surface area contributed by atoms with Crippen LogP contribution in [0.1, 0.15) is 57.9 Å². The first-order valence-corrected chi connectivity index (χ1v) is 7.77. The topological polar surface area (TPSA) is 44.0 Å². The fourth-order valence-electron chi connectivity index (χ4n) is 3.61. The van der Waals surface area contributed by atoms with E-state index in [4.69, 9.17) is 0 Å². The third-order valence-electron chi connectivity index (χ3n) is 5.00. The summed E-state index contributed by atoms with van der Waals surface area (Å²) in [6.45, 7) is 4.31. The lowest BCUT2D eigenvalue weighted by atomic mass is 9.59. The van der Waals surface area contributed by atoms with Crippen LogP contribution >= 0.6 is 0 Å². The van der Waals surface area contributed by atoms with E-state index in [0.29, 0.717) is 12.3 Å². The molecular weight excluding hydrogens is 246 g/mol. The van der Waals surface area contributed by atoms with E-state index in [2.05, 4.69) is 19.9 Å². The van der Waals surface area contributed by atoms with E-state index in [1.165, 1.54) is 0 Å². The Bertz CT molecular complexity index is 468. The van der Waals surface area contributed by atoms with Gasteiger partial charge in [0.05, 0.1) is 11.5 Å². The van der Waals surface area contributed by atoms with Gasteiger partial charge in [0.1, 0.15) is 5.60 Å². The molecule has 2 nitrogen and oxygen atoms in total. The average molecular weight is 271 g/mol. The van der Waals surface area contributed by atoms with Crippen molar-refractivity contribution in [2.45, 2.75) is 58.0 Å². The first kappa shape index (κ1) is 15.1. The molecule has 1 aliphatic carbocycles. The van der Waals surface area contributed by atoms with Crippen LogP contribution in [0.25, 0.3) is 0 Å². The van der Waals surface area contributed by atoms with E-state index in [-0.39, 0.29) is 0 Å². The van der Waals surface area contributed by atoms with Gasteiger partial charge < -0.3 is 5.11 Å². The van der Waals surface area contributed by atoms with Crippen LogP contribution in [0.2, 0.25) is 0 Å². The van der Waals surface area contributed by atoms with E-state index in [9.17, 15) is 10.4 Å². The normalized spacial score (nSPS) is 29.4. The molecule has 1 saturated carbocycles. The molecule has 1 fully saturated rings. The summed E-state index contributed by atoms with van der Waals surface area (Å²) >= 11 is 0. The number of aliphatic hydroxyl groups is 1. The van der Waals surface area contributed by atoms with Crippen molar-refractivity contribution in [2.75, 3.05) is 0 Å². The van der Waals surface area contributed by atoms with Gasteiger partial charge in [-0.05, 0) is 43.6 Å². The molecule has 0 saturated heterocycles. The van der Waals surface area contributed by atoms with Crippen molar-refractivity contribution in [1.29, 1.82) is 5.26 Å². The molecule has 0 amide bonds. The van der Waals surface area contributed by atoms with Crippen LogP contribution in [0.4, 0.5) is 0 Å². The predicted molar refractivity (Wildman–Crippen MR) is 80.9 cm³/mol. The molecular formula is C18H25NO. The van der Waals surface area contributed by atoms with Gasteiger partial charge in [-0.15, -0.1) is 0 Å². The first-order valence-electron chi connectivity index (χ1n) is 7.77. The van der Waals surface area contributed by atoms with Crippen molar-refractivity contribution in [2.24, 2.45) is 11.3 Å². The van der Waals surface area contributed by atoms with Crippen molar-refractivity contribution < 1.29 is 5.11 Å². The van der Waals surface area contributed by atoms with Gasteiger partial charge in [0.2, 0.25) is 0 Å². The number of rotatable bonds is 4. The molecule has 0 aromatic heterocycles. The maximum Gasteiger partial charge on any atom is 0.108 e. The van der Waals surface area contributed by atoms with Gasteiger partial charge in [-0.2, -0.15) is 5.26 Å². The van der Waals surface area contributed by atoms with Gasteiger partial charge in [-0.25, -0.2) is 0 Å². The van der Waals surface area contributed by atoms with Gasteiger partial charge >= 0.3 is 0 Å². The second-order valence-electron chi connectivity index (χ2n) is 6.35. The van der Waals surface area contributed by atoms with Crippen molar-refractivity contribution in [1.82, 2.24) is 0 Å². The SMILES string of the molecule is CCCC(O)(c1ccccc1)C1(C#N)CCC(C)CC1. The van der Waals surface area contributed by atoms with Crippen molar-refractivity contribution >= 4 is 0 Å². The highest BCUT2D eigenvalue weighted by molar-refractivity contribution is 5.29. The summed E-state index contributed by atoms with van der Waals surface area (Å²) in [6.07, 6.45) is 5.20. The highest BCUT2D eigenvalue weighted by atomic mass is 16.3. The van der Waals surface area contributed by atoms with Gasteiger partial charge in [-0.1, -0.05) is 50.6 Å². The molecule has 108 valence electrons. The number of nitriles is 1. The quantitative estimate of drug-likeness (QED) is 0.882. The number of nitrogens with zero attached hydrogens (tertiary/aromatic N) is 1. The second kappa shape index (κ2) is 5.97. The predicted octanol–water partition coefficient (Wildman–Crippen LogP) is 4.39. The van der Waals surface area contributed by atoms with Crippen LogP contribution in [-0.2, 0) is 5.60 Å². The van der Waals surface area contributed by atoms with Crippen LogP contribution in [0.15, 0.2) is 30.3 Å². The summed E-state index contributed by atoms with van der Waals surface area (Å²) in [5.41, 5.74) is -0.743. The molecule has 2 heteroatoms. The number of hydrogen-bond acceptors (Lipinski definition) is 2. The molecule has 20 heavy (non-hydrogen) atoms. The summed E-state index contributed by atoms with van der Waals surface area (Å²) in [4.78, 5) is 0. The molecule has 0 spiro atoms. The summed E-state index contributed by atoms with van der Waals surface area (Å²) in [7, 11) is 0. The lowest BCUT2D eigenvalue weighted by Gasteiger charge is -2.46. The molecule has 1 aromatic carbocycles.